The van der Waals surface area contributed by atoms with Crippen LogP contribution in [-0.4, -0.2) is 54.3 Å². The average Bonchev–Trinajstić information content (AvgIpc) is 3.26. The van der Waals surface area contributed by atoms with Gasteiger partial charge < -0.3 is 4.74 Å². The van der Waals surface area contributed by atoms with E-state index in [4.69, 9.17) is 4.74 Å². The van der Waals surface area contributed by atoms with Crippen molar-refractivity contribution in [3.8, 4) is 0 Å². The van der Waals surface area contributed by atoms with Gasteiger partial charge in [0.1, 0.15) is 6.54 Å². The highest BCUT2D eigenvalue weighted by Gasteiger charge is 2.36. The molecule has 0 aromatic carbocycles. The number of aromatic nitrogens is 7. The number of hydrogen-bond acceptors (Lipinski definition) is 6. The summed E-state index contributed by atoms with van der Waals surface area (Å²) in [6.07, 6.45) is 4.61. The van der Waals surface area contributed by atoms with Crippen molar-refractivity contribution >= 4 is 0 Å². The van der Waals surface area contributed by atoms with Crippen LogP contribution in [0.25, 0.3) is 0 Å². The maximum Gasteiger partial charge on any atom is 0.248 e. The standard InChI is InChI=1S/C16H23F2N7O/c17-16(18)5-1-13(2-6-16)14-10-24(22-19-14)11-15-20-21-23-25(15)9-12-3-7-26-8-4-12/h10,12-13H,1-9,11H2. The summed E-state index contributed by atoms with van der Waals surface area (Å²) in [5.41, 5.74) is 0.781. The quantitative estimate of drug-likeness (QED) is 0.804. The van der Waals surface area contributed by atoms with Gasteiger partial charge in [0, 0.05) is 44.7 Å². The number of rotatable bonds is 5. The molecule has 10 heteroatoms. The van der Waals surface area contributed by atoms with Gasteiger partial charge in [-0.15, -0.1) is 10.2 Å². The van der Waals surface area contributed by atoms with E-state index in [1.807, 2.05) is 10.9 Å². The molecule has 142 valence electrons. The molecule has 0 N–H and O–H groups in total. The van der Waals surface area contributed by atoms with Crippen LogP contribution in [0.2, 0.25) is 0 Å². The van der Waals surface area contributed by atoms with Crippen LogP contribution < -0.4 is 0 Å². The van der Waals surface area contributed by atoms with Gasteiger partial charge in [0.05, 0.1) is 5.69 Å². The molecule has 3 heterocycles. The van der Waals surface area contributed by atoms with Crippen molar-refractivity contribution in [2.24, 2.45) is 5.92 Å². The minimum atomic E-state index is -2.53. The third kappa shape index (κ3) is 4.05. The highest BCUT2D eigenvalue weighted by atomic mass is 19.3. The van der Waals surface area contributed by atoms with Crippen molar-refractivity contribution in [2.45, 2.75) is 63.5 Å². The summed E-state index contributed by atoms with van der Waals surface area (Å²) in [5, 5.41) is 20.3. The zero-order valence-electron chi connectivity index (χ0n) is 14.6. The van der Waals surface area contributed by atoms with Crippen LogP contribution in [0.4, 0.5) is 8.78 Å². The topological polar surface area (TPSA) is 83.5 Å². The van der Waals surface area contributed by atoms with Crippen molar-refractivity contribution in [3.63, 3.8) is 0 Å². The van der Waals surface area contributed by atoms with Gasteiger partial charge in [-0.1, -0.05) is 5.21 Å². The molecule has 2 fully saturated rings. The second kappa shape index (κ2) is 7.34. The summed E-state index contributed by atoms with van der Waals surface area (Å²) in [7, 11) is 0. The molecule has 26 heavy (non-hydrogen) atoms. The second-order valence-corrected chi connectivity index (χ2v) is 7.30. The third-order valence-electron chi connectivity index (χ3n) is 5.37. The third-order valence-corrected chi connectivity index (χ3v) is 5.37. The molecule has 1 saturated heterocycles. The molecule has 2 aliphatic rings. The zero-order valence-corrected chi connectivity index (χ0v) is 14.6. The van der Waals surface area contributed by atoms with Crippen LogP contribution in [-0.2, 0) is 17.8 Å². The van der Waals surface area contributed by atoms with Gasteiger partial charge in [-0.2, -0.15) is 0 Å². The number of nitrogens with zero attached hydrogens (tertiary/aromatic N) is 7. The molecule has 0 radical (unpaired) electrons. The van der Waals surface area contributed by atoms with Crippen molar-refractivity contribution < 1.29 is 13.5 Å². The van der Waals surface area contributed by atoms with Gasteiger partial charge in [-0.05, 0) is 42.0 Å². The Kier molecular flexibility index (Phi) is 4.92. The molecule has 0 unspecified atom stereocenters. The fourth-order valence-corrected chi connectivity index (χ4v) is 3.71. The summed E-state index contributed by atoms with van der Waals surface area (Å²) in [4.78, 5) is 0. The first-order valence-electron chi connectivity index (χ1n) is 9.20. The van der Waals surface area contributed by atoms with Gasteiger partial charge in [-0.3, -0.25) is 0 Å². The molecular formula is C16H23F2N7O. The van der Waals surface area contributed by atoms with Gasteiger partial charge in [0.15, 0.2) is 5.82 Å². The second-order valence-electron chi connectivity index (χ2n) is 7.30. The predicted octanol–water partition coefficient (Wildman–Crippen LogP) is 2.03. The van der Waals surface area contributed by atoms with E-state index in [-0.39, 0.29) is 18.8 Å². The Bertz CT molecular complexity index is 716. The van der Waals surface area contributed by atoms with Crippen LogP contribution in [0, 0.1) is 5.92 Å². The van der Waals surface area contributed by atoms with Crippen molar-refractivity contribution in [1.82, 2.24) is 35.2 Å². The molecule has 2 aromatic rings. The van der Waals surface area contributed by atoms with Crippen LogP contribution in [0.1, 0.15) is 56.0 Å². The Balaban J connectivity index is 1.38. The first-order chi connectivity index (χ1) is 12.6. The summed E-state index contributed by atoms with van der Waals surface area (Å²) in [5.74, 6) is -1.23. The van der Waals surface area contributed by atoms with Crippen LogP contribution in [0.15, 0.2) is 6.20 Å². The maximum atomic E-state index is 13.3. The summed E-state index contributed by atoms with van der Waals surface area (Å²) >= 11 is 0. The molecule has 0 bridgehead atoms. The molecule has 0 spiro atoms. The zero-order chi connectivity index (χ0) is 18.0. The molecule has 4 rings (SSSR count). The SMILES string of the molecule is FC1(F)CCC(c2cn(Cc3nnnn3CC3CCOCC3)nn2)CC1. The smallest absolute Gasteiger partial charge is 0.248 e. The Morgan fingerprint density at radius 3 is 2.62 bits per heavy atom. The molecule has 8 nitrogen and oxygen atoms in total. The van der Waals surface area contributed by atoms with Crippen molar-refractivity contribution in [2.75, 3.05) is 13.2 Å². The van der Waals surface area contributed by atoms with E-state index in [9.17, 15) is 8.78 Å². The Morgan fingerprint density at radius 1 is 1.08 bits per heavy atom. The van der Waals surface area contributed by atoms with Gasteiger partial charge in [0.25, 0.3) is 0 Å². The molecule has 0 atom stereocenters. The lowest BCUT2D eigenvalue weighted by Gasteiger charge is -2.26. The van der Waals surface area contributed by atoms with E-state index in [0.717, 1.165) is 44.1 Å². The number of ether oxygens (including phenoxy) is 1. The lowest BCUT2D eigenvalue weighted by Crippen LogP contribution is -2.23. The van der Waals surface area contributed by atoms with Gasteiger partial charge in [-0.25, -0.2) is 18.1 Å². The first-order valence-corrected chi connectivity index (χ1v) is 9.20. The van der Waals surface area contributed by atoms with Crippen LogP contribution >= 0.6 is 0 Å². The minimum absolute atomic E-state index is 0.0570. The lowest BCUT2D eigenvalue weighted by atomic mass is 9.85. The molecule has 0 amide bonds. The van der Waals surface area contributed by atoms with Gasteiger partial charge >= 0.3 is 0 Å². The van der Waals surface area contributed by atoms with Crippen molar-refractivity contribution in [3.05, 3.63) is 17.7 Å². The van der Waals surface area contributed by atoms with E-state index in [0.29, 0.717) is 25.3 Å². The Morgan fingerprint density at radius 2 is 1.85 bits per heavy atom. The Labute approximate surface area is 149 Å². The molecule has 1 aliphatic heterocycles. The van der Waals surface area contributed by atoms with E-state index >= 15 is 0 Å². The van der Waals surface area contributed by atoms with E-state index in [1.54, 1.807) is 4.68 Å². The number of alkyl halides is 2. The van der Waals surface area contributed by atoms with Crippen molar-refractivity contribution in [1.29, 1.82) is 0 Å². The fourth-order valence-electron chi connectivity index (χ4n) is 3.71. The molecule has 1 saturated carbocycles. The minimum Gasteiger partial charge on any atom is -0.381 e. The normalized spacial score (nSPS) is 21.9. The number of halogens is 2. The monoisotopic (exact) mass is 367 g/mol. The number of hydrogen-bond donors (Lipinski definition) is 0. The lowest BCUT2D eigenvalue weighted by molar-refractivity contribution is -0.0384. The Hall–Kier alpha value is -1.97. The summed E-state index contributed by atoms with van der Waals surface area (Å²) < 4.78 is 35.5. The highest BCUT2D eigenvalue weighted by molar-refractivity contribution is 5.05. The van der Waals surface area contributed by atoms with Gasteiger partial charge in [0.2, 0.25) is 5.92 Å². The molecular weight excluding hydrogens is 344 g/mol. The highest BCUT2D eigenvalue weighted by Crippen LogP contribution is 2.40. The average molecular weight is 367 g/mol. The van der Waals surface area contributed by atoms with E-state index in [2.05, 4.69) is 25.8 Å². The summed E-state index contributed by atoms with van der Waals surface area (Å²) in [6, 6.07) is 0. The first kappa shape index (κ1) is 17.4. The fraction of sp³-hybridized carbons (Fsp3) is 0.812. The molecule has 1 aliphatic carbocycles. The van der Waals surface area contributed by atoms with Crippen LogP contribution in [0.5, 0.6) is 0 Å². The number of tetrazole rings is 1. The summed E-state index contributed by atoms with van der Waals surface area (Å²) in [6.45, 7) is 2.76. The van der Waals surface area contributed by atoms with Crippen LogP contribution in [0.3, 0.4) is 0 Å². The maximum absolute atomic E-state index is 13.3. The predicted molar refractivity (Wildman–Crippen MR) is 86.6 cm³/mol. The van der Waals surface area contributed by atoms with E-state index < -0.39 is 5.92 Å². The molecule has 2 aromatic heterocycles. The largest absolute Gasteiger partial charge is 0.381 e. The van der Waals surface area contributed by atoms with E-state index in [1.165, 1.54) is 0 Å².